The minimum Gasteiger partial charge on any atom is -0.336 e. The predicted octanol–water partition coefficient (Wildman–Crippen LogP) is 2.72. The Kier molecular flexibility index (Phi) is 3.30. The molecule has 1 aromatic rings. The van der Waals surface area contributed by atoms with E-state index in [1.54, 1.807) is 0 Å². The van der Waals surface area contributed by atoms with Crippen LogP contribution in [-0.4, -0.2) is 39.1 Å². The first-order valence-corrected chi connectivity index (χ1v) is 7.66. The number of hydrogen-bond acceptors (Lipinski definition) is 3. The van der Waals surface area contributed by atoms with Gasteiger partial charge >= 0.3 is 0 Å². The van der Waals surface area contributed by atoms with Crippen molar-refractivity contribution in [1.29, 1.82) is 0 Å². The van der Waals surface area contributed by atoms with Crippen molar-refractivity contribution in [3.63, 3.8) is 0 Å². The molecule has 0 atom stereocenters. The van der Waals surface area contributed by atoms with Gasteiger partial charge in [-0.25, -0.2) is 4.98 Å². The molecule has 5 nitrogen and oxygen atoms in total. The van der Waals surface area contributed by atoms with Gasteiger partial charge in [-0.2, -0.15) is 0 Å². The number of nitrogens with zero attached hydrogens (tertiary/aromatic N) is 3. The molecule has 1 heterocycles. The van der Waals surface area contributed by atoms with Gasteiger partial charge in [0.15, 0.2) is 0 Å². The van der Waals surface area contributed by atoms with E-state index < -0.39 is 0 Å². The monoisotopic (exact) mass is 276 g/mol. The molecule has 2 saturated carbocycles. The summed E-state index contributed by atoms with van der Waals surface area (Å²) in [7, 11) is 1.89. The van der Waals surface area contributed by atoms with E-state index >= 15 is 0 Å². The van der Waals surface area contributed by atoms with Gasteiger partial charge in [-0.3, -0.25) is 9.89 Å². The summed E-state index contributed by atoms with van der Waals surface area (Å²) in [4.78, 5) is 18.6. The van der Waals surface area contributed by atoms with Crippen molar-refractivity contribution in [2.45, 2.75) is 64.3 Å². The molecule has 5 heteroatoms. The van der Waals surface area contributed by atoms with Gasteiger partial charge in [0.1, 0.15) is 5.82 Å². The molecule has 0 unspecified atom stereocenters. The Labute approximate surface area is 120 Å². The molecule has 0 aromatic carbocycles. The second-order valence-corrected chi connectivity index (χ2v) is 7.13. The van der Waals surface area contributed by atoms with E-state index in [0.29, 0.717) is 23.2 Å². The van der Waals surface area contributed by atoms with Crippen molar-refractivity contribution in [3.05, 3.63) is 11.6 Å². The molecule has 0 aliphatic heterocycles. The van der Waals surface area contributed by atoms with Crippen molar-refractivity contribution in [2.75, 3.05) is 7.05 Å². The van der Waals surface area contributed by atoms with E-state index in [4.69, 9.17) is 0 Å². The van der Waals surface area contributed by atoms with Gasteiger partial charge in [0.2, 0.25) is 5.82 Å². The number of rotatable bonds is 3. The lowest BCUT2D eigenvalue weighted by molar-refractivity contribution is 0.0624. The molecule has 0 saturated heterocycles. The number of hydrogen-bond donors (Lipinski definition) is 1. The van der Waals surface area contributed by atoms with Crippen LogP contribution in [0.25, 0.3) is 0 Å². The first-order valence-electron chi connectivity index (χ1n) is 7.66. The summed E-state index contributed by atoms with van der Waals surface area (Å²) in [5.74, 6) is 1.67. The van der Waals surface area contributed by atoms with Gasteiger partial charge in [-0.15, -0.1) is 5.10 Å². The third kappa shape index (κ3) is 2.72. The van der Waals surface area contributed by atoms with Crippen LogP contribution in [0.3, 0.4) is 0 Å². The smallest absolute Gasteiger partial charge is 0.293 e. The number of amides is 1. The van der Waals surface area contributed by atoms with Crippen LogP contribution in [0.2, 0.25) is 0 Å². The summed E-state index contributed by atoms with van der Waals surface area (Å²) in [5.41, 5.74) is 0.421. The Balaban J connectivity index is 1.63. The van der Waals surface area contributed by atoms with Gasteiger partial charge in [-0.1, -0.05) is 13.8 Å². The standard InChI is InChI=1S/C15H24N4O/c1-15(2)8-6-11(7-9-15)19(3)14(20)13-16-12(17-18-13)10-4-5-10/h10-11H,4-9H2,1-3H3,(H,16,17,18). The average Bonchev–Trinajstić information content (AvgIpc) is 3.15. The highest BCUT2D eigenvalue weighted by Gasteiger charge is 2.33. The molecule has 0 bridgehead atoms. The van der Waals surface area contributed by atoms with Crippen LogP contribution in [0.5, 0.6) is 0 Å². The number of aromatic amines is 1. The molecule has 20 heavy (non-hydrogen) atoms. The molecule has 1 N–H and O–H groups in total. The van der Waals surface area contributed by atoms with E-state index in [1.165, 1.54) is 12.8 Å². The lowest BCUT2D eigenvalue weighted by Gasteiger charge is -2.38. The van der Waals surface area contributed by atoms with Gasteiger partial charge in [0.25, 0.3) is 5.91 Å². The van der Waals surface area contributed by atoms with Gasteiger partial charge in [-0.05, 0) is 43.9 Å². The van der Waals surface area contributed by atoms with E-state index in [1.807, 2.05) is 11.9 Å². The van der Waals surface area contributed by atoms with E-state index in [2.05, 4.69) is 29.0 Å². The SMILES string of the molecule is CN(C(=O)c1n[nH]c(C2CC2)n1)C1CCC(C)(C)CC1. The maximum atomic E-state index is 12.4. The van der Waals surface area contributed by atoms with E-state index in [-0.39, 0.29) is 5.91 Å². The molecule has 1 amide bonds. The summed E-state index contributed by atoms with van der Waals surface area (Å²) in [6.45, 7) is 4.62. The number of carbonyl (C=O) groups is 1. The van der Waals surface area contributed by atoms with Crippen LogP contribution in [-0.2, 0) is 0 Å². The van der Waals surface area contributed by atoms with Crippen molar-refractivity contribution in [3.8, 4) is 0 Å². The highest BCUT2D eigenvalue weighted by Crippen LogP contribution is 2.38. The highest BCUT2D eigenvalue weighted by molar-refractivity contribution is 5.90. The quantitative estimate of drug-likeness (QED) is 0.923. The highest BCUT2D eigenvalue weighted by atomic mass is 16.2. The second kappa shape index (κ2) is 4.86. The number of H-pyrrole nitrogens is 1. The molecule has 3 rings (SSSR count). The third-order valence-corrected chi connectivity index (χ3v) is 4.83. The first kappa shape index (κ1) is 13.6. The lowest BCUT2D eigenvalue weighted by Crippen LogP contribution is -2.41. The summed E-state index contributed by atoms with van der Waals surface area (Å²) in [5, 5.41) is 7.01. The minimum atomic E-state index is -0.0437. The zero-order valence-corrected chi connectivity index (χ0v) is 12.6. The van der Waals surface area contributed by atoms with Crippen LogP contribution in [0.1, 0.15) is 74.7 Å². The zero-order valence-electron chi connectivity index (χ0n) is 12.6. The van der Waals surface area contributed by atoms with Crippen LogP contribution in [0.4, 0.5) is 0 Å². The minimum absolute atomic E-state index is 0.0437. The molecule has 2 aliphatic carbocycles. The molecule has 0 spiro atoms. The van der Waals surface area contributed by atoms with Gasteiger partial charge in [0.05, 0.1) is 0 Å². The van der Waals surface area contributed by atoms with Crippen LogP contribution < -0.4 is 0 Å². The maximum Gasteiger partial charge on any atom is 0.293 e. The molecule has 2 aliphatic rings. The Bertz CT molecular complexity index is 494. The largest absolute Gasteiger partial charge is 0.336 e. The number of aromatic nitrogens is 3. The molecular formula is C15H24N4O. The summed E-state index contributed by atoms with van der Waals surface area (Å²) >= 11 is 0. The molecule has 110 valence electrons. The number of carbonyl (C=O) groups excluding carboxylic acids is 1. The fourth-order valence-corrected chi connectivity index (χ4v) is 3.00. The van der Waals surface area contributed by atoms with Crippen molar-refractivity contribution in [1.82, 2.24) is 20.1 Å². The van der Waals surface area contributed by atoms with Crippen LogP contribution in [0.15, 0.2) is 0 Å². The van der Waals surface area contributed by atoms with Crippen molar-refractivity contribution >= 4 is 5.91 Å². The van der Waals surface area contributed by atoms with Crippen LogP contribution >= 0.6 is 0 Å². The zero-order chi connectivity index (χ0) is 14.3. The summed E-state index contributed by atoms with van der Waals surface area (Å²) in [6.07, 6.45) is 6.84. The Morgan fingerprint density at radius 2 is 1.90 bits per heavy atom. The second-order valence-electron chi connectivity index (χ2n) is 7.13. The Hall–Kier alpha value is -1.39. The van der Waals surface area contributed by atoms with Crippen molar-refractivity contribution in [2.24, 2.45) is 5.41 Å². The van der Waals surface area contributed by atoms with Crippen LogP contribution in [0, 0.1) is 5.41 Å². The van der Waals surface area contributed by atoms with E-state index in [0.717, 1.165) is 31.5 Å². The fourth-order valence-electron chi connectivity index (χ4n) is 3.00. The molecule has 1 aromatic heterocycles. The van der Waals surface area contributed by atoms with E-state index in [9.17, 15) is 4.79 Å². The molecule has 2 fully saturated rings. The molecule has 0 radical (unpaired) electrons. The summed E-state index contributed by atoms with van der Waals surface area (Å²) in [6, 6.07) is 0.332. The fraction of sp³-hybridized carbons (Fsp3) is 0.800. The Morgan fingerprint density at radius 1 is 1.25 bits per heavy atom. The molecular weight excluding hydrogens is 252 g/mol. The number of nitrogens with one attached hydrogen (secondary N) is 1. The average molecular weight is 276 g/mol. The third-order valence-electron chi connectivity index (χ3n) is 4.83. The maximum absolute atomic E-state index is 12.4. The topological polar surface area (TPSA) is 61.9 Å². The van der Waals surface area contributed by atoms with Gasteiger partial charge < -0.3 is 4.90 Å². The predicted molar refractivity (Wildman–Crippen MR) is 76.5 cm³/mol. The summed E-state index contributed by atoms with van der Waals surface area (Å²) < 4.78 is 0. The normalized spacial score (nSPS) is 22.8. The first-order chi connectivity index (χ1) is 9.46. The van der Waals surface area contributed by atoms with Crippen molar-refractivity contribution < 1.29 is 4.79 Å². The van der Waals surface area contributed by atoms with Gasteiger partial charge in [0, 0.05) is 19.0 Å². The lowest BCUT2D eigenvalue weighted by atomic mass is 9.75. The Morgan fingerprint density at radius 3 is 2.50 bits per heavy atom.